The van der Waals surface area contributed by atoms with Gasteiger partial charge in [-0.1, -0.05) is 0 Å². The first-order chi connectivity index (χ1) is 13.2. The number of fused-ring (bicyclic) bond motifs is 1. The Morgan fingerprint density at radius 2 is 1.82 bits per heavy atom. The van der Waals surface area contributed by atoms with E-state index in [1.165, 1.54) is 39.6 Å². The Morgan fingerprint density at radius 3 is 2.50 bits per heavy atom. The number of aromatic nitrogens is 6. The molecule has 3 heterocycles. The Bertz CT molecular complexity index is 1220. The van der Waals surface area contributed by atoms with Gasteiger partial charge in [0.25, 0.3) is 0 Å². The van der Waals surface area contributed by atoms with Gasteiger partial charge < -0.3 is 5.73 Å². The minimum atomic E-state index is -4.60. The van der Waals surface area contributed by atoms with Crippen LogP contribution in [0.2, 0.25) is 0 Å². The van der Waals surface area contributed by atoms with Crippen molar-refractivity contribution in [3.05, 3.63) is 58.5 Å². The molecule has 3 N–H and O–H groups in total. The maximum Gasteiger partial charge on any atom is 0.433 e. The molecule has 4 aromatic rings. The fourth-order valence-electron chi connectivity index (χ4n) is 2.77. The number of H-pyrrole nitrogens is 1. The maximum atomic E-state index is 13.2. The van der Waals surface area contributed by atoms with Gasteiger partial charge in [0.2, 0.25) is 0 Å². The van der Waals surface area contributed by atoms with Gasteiger partial charge in [-0.15, -0.1) is 0 Å². The van der Waals surface area contributed by atoms with Gasteiger partial charge in [0.1, 0.15) is 18.1 Å². The van der Waals surface area contributed by atoms with Crippen LogP contribution in [0, 0.1) is 10.6 Å². The molecule has 3 aromatic heterocycles. The highest BCUT2D eigenvalue weighted by Gasteiger charge is 2.33. The molecule has 0 aliphatic heterocycles. The van der Waals surface area contributed by atoms with Crippen molar-refractivity contribution in [2.75, 3.05) is 5.73 Å². The third-order valence-corrected chi connectivity index (χ3v) is 4.31. The highest BCUT2D eigenvalue weighted by Crippen LogP contribution is 2.30. The predicted molar refractivity (Wildman–Crippen MR) is 94.8 cm³/mol. The summed E-state index contributed by atoms with van der Waals surface area (Å²) in [5.74, 6) is -0.0473. The smallest absolute Gasteiger partial charge is 0.382 e. The quantitative estimate of drug-likeness (QED) is 0.400. The van der Waals surface area contributed by atoms with Crippen molar-refractivity contribution in [1.29, 1.82) is 0 Å². The summed E-state index contributed by atoms with van der Waals surface area (Å²) in [5.41, 5.74) is 5.25. The second-order valence-electron chi connectivity index (χ2n) is 5.87. The fraction of sp³-hybridized carbons (Fsp3) is 0.125. The molecule has 7 nitrogen and oxygen atoms in total. The maximum absolute atomic E-state index is 13.2. The molecule has 0 saturated heterocycles. The summed E-state index contributed by atoms with van der Waals surface area (Å²) >= 11 is 5.21. The van der Waals surface area contributed by atoms with E-state index in [1.54, 1.807) is 0 Å². The number of hydrogen-bond donors (Lipinski definition) is 2. The summed E-state index contributed by atoms with van der Waals surface area (Å²) in [6.07, 6.45) is -4.60. The first kappa shape index (κ1) is 18.1. The molecule has 0 aliphatic carbocycles. The predicted octanol–water partition coefficient (Wildman–Crippen LogP) is 3.46. The number of benzene rings is 1. The van der Waals surface area contributed by atoms with Crippen LogP contribution in [0.1, 0.15) is 11.5 Å². The van der Waals surface area contributed by atoms with Crippen molar-refractivity contribution in [3.63, 3.8) is 0 Å². The molecule has 144 valence electrons. The van der Waals surface area contributed by atoms with Crippen molar-refractivity contribution < 1.29 is 17.6 Å². The minimum absolute atomic E-state index is 0.0353. The normalized spacial score (nSPS) is 12.0. The van der Waals surface area contributed by atoms with Gasteiger partial charge in [-0.05, 0) is 48.6 Å². The van der Waals surface area contributed by atoms with Crippen LogP contribution in [0.25, 0.3) is 16.7 Å². The summed E-state index contributed by atoms with van der Waals surface area (Å²) in [4.78, 5) is 3.66. The second kappa shape index (κ2) is 6.41. The van der Waals surface area contributed by atoms with Gasteiger partial charge in [-0.25, -0.2) is 14.1 Å². The van der Waals surface area contributed by atoms with Crippen molar-refractivity contribution in [2.45, 2.75) is 12.7 Å². The van der Waals surface area contributed by atoms with Crippen LogP contribution in [0.5, 0.6) is 0 Å². The number of hydrogen-bond acceptors (Lipinski definition) is 5. The zero-order chi connectivity index (χ0) is 20.1. The lowest BCUT2D eigenvalue weighted by molar-refractivity contribution is -0.141. The lowest BCUT2D eigenvalue weighted by atomic mass is 10.3. The Labute approximate surface area is 159 Å². The number of nitrogens with one attached hydrogen (secondary N) is 1. The van der Waals surface area contributed by atoms with Crippen LogP contribution in [0.3, 0.4) is 0 Å². The minimum Gasteiger partial charge on any atom is -0.382 e. The molecule has 28 heavy (non-hydrogen) atoms. The highest BCUT2D eigenvalue weighted by molar-refractivity contribution is 7.71. The Balaban J connectivity index is 1.81. The number of aromatic amines is 1. The molecule has 0 atom stereocenters. The molecule has 12 heteroatoms. The van der Waals surface area contributed by atoms with Crippen molar-refractivity contribution in [3.8, 4) is 5.69 Å². The molecule has 0 bridgehead atoms. The van der Waals surface area contributed by atoms with E-state index in [-0.39, 0.29) is 28.2 Å². The lowest BCUT2D eigenvalue weighted by Crippen LogP contribution is -2.12. The van der Waals surface area contributed by atoms with Crippen LogP contribution in [-0.2, 0) is 12.7 Å². The number of alkyl halides is 3. The van der Waals surface area contributed by atoms with Gasteiger partial charge in [0.05, 0.1) is 5.39 Å². The number of anilines is 1. The molecule has 0 fully saturated rings. The number of nitrogen functional groups attached to an aromatic ring is 1. The molecule has 0 radical (unpaired) electrons. The van der Waals surface area contributed by atoms with Crippen LogP contribution in [0.15, 0.2) is 36.4 Å². The first-order valence-corrected chi connectivity index (χ1v) is 8.27. The Kier molecular flexibility index (Phi) is 4.14. The molecule has 0 spiro atoms. The third-order valence-electron chi connectivity index (χ3n) is 4.03. The highest BCUT2D eigenvalue weighted by atomic mass is 32.1. The molecule has 0 amide bonds. The van der Waals surface area contributed by atoms with E-state index in [0.717, 1.165) is 6.07 Å². The van der Waals surface area contributed by atoms with Crippen molar-refractivity contribution in [1.82, 2.24) is 29.5 Å². The average molecular weight is 409 g/mol. The summed E-state index contributed by atoms with van der Waals surface area (Å²) in [7, 11) is 0. The summed E-state index contributed by atoms with van der Waals surface area (Å²) < 4.78 is 55.2. The third kappa shape index (κ3) is 3.11. The van der Waals surface area contributed by atoms with E-state index in [9.17, 15) is 17.6 Å². The molecule has 4 rings (SSSR count). The standard InChI is InChI=1S/C16H11F4N7S/c17-8-1-3-9(4-2-8)27-12(23-24-15(27)28)7-26-14-10(13(21)25-26)5-6-11(22-14)16(18,19)20/h1-6H,7H2,(H2,21,25)(H,24,28). The molecular weight excluding hydrogens is 398 g/mol. The van der Waals surface area contributed by atoms with Gasteiger partial charge in [0, 0.05) is 5.69 Å². The second-order valence-corrected chi connectivity index (χ2v) is 6.25. The molecule has 0 unspecified atom stereocenters. The zero-order valence-corrected chi connectivity index (χ0v) is 14.7. The zero-order valence-electron chi connectivity index (χ0n) is 13.9. The van der Waals surface area contributed by atoms with Crippen LogP contribution >= 0.6 is 12.2 Å². The molecule has 0 aliphatic rings. The average Bonchev–Trinajstić information content (AvgIpc) is 3.15. The summed E-state index contributed by atoms with van der Waals surface area (Å²) in [5, 5.41) is 11.1. The van der Waals surface area contributed by atoms with E-state index in [1.807, 2.05) is 0 Å². The van der Waals surface area contributed by atoms with E-state index in [4.69, 9.17) is 18.0 Å². The SMILES string of the molecule is Nc1nn(Cc2n[nH]c(=S)n2-c2ccc(F)cc2)c2nc(C(F)(F)F)ccc12. The van der Waals surface area contributed by atoms with Gasteiger partial charge in [0.15, 0.2) is 22.1 Å². The number of nitrogens with zero attached hydrogens (tertiary/aromatic N) is 5. The Morgan fingerprint density at radius 1 is 1.11 bits per heavy atom. The van der Waals surface area contributed by atoms with Crippen LogP contribution < -0.4 is 5.73 Å². The van der Waals surface area contributed by atoms with Gasteiger partial charge in [-0.3, -0.25) is 9.67 Å². The lowest BCUT2D eigenvalue weighted by Gasteiger charge is -2.08. The summed E-state index contributed by atoms with van der Waals surface area (Å²) in [6.45, 7) is -0.0630. The first-order valence-electron chi connectivity index (χ1n) is 7.86. The Hall–Kier alpha value is -3.28. The molecule has 0 saturated carbocycles. The van der Waals surface area contributed by atoms with E-state index >= 15 is 0 Å². The largest absolute Gasteiger partial charge is 0.433 e. The monoisotopic (exact) mass is 409 g/mol. The van der Waals surface area contributed by atoms with Crippen molar-refractivity contribution in [2.24, 2.45) is 0 Å². The number of rotatable bonds is 3. The fourth-order valence-corrected chi connectivity index (χ4v) is 3.03. The van der Waals surface area contributed by atoms with E-state index in [2.05, 4.69) is 20.3 Å². The number of nitrogens with two attached hydrogens (primary N) is 1. The van der Waals surface area contributed by atoms with E-state index < -0.39 is 17.7 Å². The van der Waals surface area contributed by atoms with Crippen LogP contribution in [-0.4, -0.2) is 29.5 Å². The number of halogens is 4. The van der Waals surface area contributed by atoms with Crippen LogP contribution in [0.4, 0.5) is 23.4 Å². The number of pyridine rings is 1. The topological polar surface area (TPSA) is 90.3 Å². The molecule has 1 aromatic carbocycles. The van der Waals surface area contributed by atoms with Gasteiger partial charge >= 0.3 is 6.18 Å². The molecular formula is C16H11F4N7S. The van der Waals surface area contributed by atoms with Crippen molar-refractivity contribution >= 4 is 29.1 Å². The van der Waals surface area contributed by atoms with Gasteiger partial charge in [-0.2, -0.15) is 23.4 Å². The summed E-state index contributed by atoms with van der Waals surface area (Å²) in [6, 6.07) is 7.58. The van der Waals surface area contributed by atoms with E-state index in [0.29, 0.717) is 11.5 Å².